The van der Waals surface area contributed by atoms with Gasteiger partial charge in [0.25, 0.3) is 0 Å². The third kappa shape index (κ3) is 3.11. The van der Waals surface area contributed by atoms with Gasteiger partial charge >= 0.3 is 0 Å². The molecule has 2 fully saturated rings. The molecule has 2 aliphatic rings. The molecule has 1 atom stereocenters. The third-order valence-electron chi connectivity index (χ3n) is 5.30. The van der Waals surface area contributed by atoms with Crippen LogP contribution in [0.5, 0.6) is 0 Å². The smallest absolute Gasteiger partial charge is 0.230 e. The number of carbonyl (C=O) groups excluding carboxylic acids is 1. The van der Waals surface area contributed by atoms with Crippen molar-refractivity contribution in [3.8, 4) is 0 Å². The second-order valence-electron chi connectivity index (χ2n) is 6.75. The topological polar surface area (TPSA) is 29.1 Å². The molecule has 0 saturated heterocycles. The summed E-state index contributed by atoms with van der Waals surface area (Å²) in [7, 11) is 0. The summed E-state index contributed by atoms with van der Waals surface area (Å²) in [6, 6.07) is 8.06. The minimum atomic E-state index is -0.284. The minimum Gasteiger partial charge on any atom is -0.353 e. The normalized spacial score (nSPS) is 22.6. The molecule has 21 heavy (non-hydrogen) atoms. The molecule has 3 heteroatoms. The fourth-order valence-electron chi connectivity index (χ4n) is 3.64. The van der Waals surface area contributed by atoms with Gasteiger partial charge in [0.15, 0.2) is 0 Å². The van der Waals surface area contributed by atoms with Crippen molar-refractivity contribution in [2.45, 2.75) is 63.3 Å². The zero-order valence-corrected chi connectivity index (χ0v) is 13.5. The van der Waals surface area contributed by atoms with E-state index in [1.165, 1.54) is 32.1 Å². The highest BCUT2D eigenvalue weighted by molar-refractivity contribution is 6.30. The van der Waals surface area contributed by atoms with E-state index in [0.717, 1.165) is 23.4 Å². The lowest BCUT2D eigenvalue weighted by atomic mass is 9.84. The highest BCUT2D eigenvalue weighted by atomic mass is 35.5. The summed E-state index contributed by atoms with van der Waals surface area (Å²) < 4.78 is 0. The number of halogens is 1. The monoisotopic (exact) mass is 305 g/mol. The van der Waals surface area contributed by atoms with Crippen LogP contribution < -0.4 is 5.32 Å². The van der Waals surface area contributed by atoms with Gasteiger partial charge in [-0.25, -0.2) is 0 Å². The molecule has 2 aliphatic carbocycles. The number of hydrogen-bond donors (Lipinski definition) is 1. The van der Waals surface area contributed by atoms with E-state index in [2.05, 4.69) is 12.2 Å². The van der Waals surface area contributed by atoms with Crippen LogP contribution in [0.1, 0.15) is 57.4 Å². The van der Waals surface area contributed by atoms with Crippen LogP contribution in [-0.2, 0) is 10.2 Å². The second kappa shape index (κ2) is 6.00. The zero-order chi connectivity index (χ0) is 14.9. The molecule has 0 spiro atoms. The molecule has 1 amide bonds. The Hall–Kier alpha value is -1.02. The summed E-state index contributed by atoms with van der Waals surface area (Å²) >= 11 is 5.95. The van der Waals surface area contributed by atoms with Crippen LogP contribution in [0.3, 0.4) is 0 Å². The van der Waals surface area contributed by atoms with Crippen LogP contribution in [0.2, 0.25) is 5.02 Å². The third-order valence-corrected chi connectivity index (χ3v) is 5.55. The quantitative estimate of drug-likeness (QED) is 0.874. The van der Waals surface area contributed by atoms with Crippen molar-refractivity contribution in [2.24, 2.45) is 5.92 Å². The van der Waals surface area contributed by atoms with Crippen LogP contribution in [0.25, 0.3) is 0 Å². The summed E-state index contributed by atoms with van der Waals surface area (Å²) in [6.07, 6.45) is 8.41. The van der Waals surface area contributed by atoms with Crippen molar-refractivity contribution in [3.63, 3.8) is 0 Å². The molecule has 2 nitrogen and oxygen atoms in total. The predicted octanol–water partition coefficient (Wildman–Crippen LogP) is 4.46. The van der Waals surface area contributed by atoms with Crippen molar-refractivity contribution in [1.29, 1.82) is 0 Å². The maximum absolute atomic E-state index is 12.7. The fraction of sp³-hybridized carbons (Fsp3) is 0.611. The van der Waals surface area contributed by atoms with Gasteiger partial charge in [0.05, 0.1) is 5.41 Å². The van der Waals surface area contributed by atoms with Crippen molar-refractivity contribution < 1.29 is 4.79 Å². The van der Waals surface area contributed by atoms with Gasteiger partial charge in [0.2, 0.25) is 5.91 Å². The van der Waals surface area contributed by atoms with Gasteiger partial charge in [-0.3, -0.25) is 4.79 Å². The van der Waals surface area contributed by atoms with E-state index in [1.807, 2.05) is 24.3 Å². The van der Waals surface area contributed by atoms with E-state index < -0.39 is 0 Å². The van der Waals surface area contributed by atoms with Gasteiger partial charge in [-0.15, -0.1) is 0 Å². The maximum Gasteiger partial charge on any atom is 0.230 e. The number of hydrogen-bond acceptors (Lipinski definition) is 1. The van der Waals surface area contributed by atoms with Crippen LogP contribution >= 0.6 is 11.6 Å². The Bertz CT molecular complexity index is 500. The van der Waals surface area contributed by atoms with Gasteiger partial charge in [-0.2, -0.15) is 0 Å². The molecule has 2 saturated carbocycles. The lowest BCUT2D eigenvalue weighted by molar-refractivity contribution is -0.124. The average Bonchev–Trinajstić information content (AvgIpc) is 3.30. The summed E-state index contributed by atoms with van der Waals surface area (Å²) in [5.74, 6) is 0.867. The van der Waals surface area contributed by atoms with Gasteiger partial charge < -0.3 is 5.32 Å². The van der Waals surface area contributed by atoms with E-state index in [-0.39, 0.29) is 11.3 Å². The van der Waals surface area contributed by atoms with Gasteiger partial charge in [0, 0.05) is 11.1 Å². The Morgan fingerprint density at radius 2 is 1.81 bits per heavy atom. The molecule has 114 valence electrons. The van der Waals surface area contributed by atoms with Crippen LogP contribution in [0, 0.1) is 5.92 Å². The van der Waals surface area contributed by atoms with Crippen molar-refractivity contribution >= 4 is 17.5 Å². The molecule has 1 aromatic rings. The average molecular weight is 306 g/mol. The van der Waals surface area contributed by atoms with Crippen LogP contribution in [0.4, 0.5) is 0 Å². The molecule has 1 aromatic carbocycles. The lowest BCUT2D eigenvalue weighted by Gasteiger charge is -2.29. The Kier molecular flexibility index (Phi) is 4.26. The van der Waals surface area contributed by atoms with Crippen molar-refractivity contribution in [1.82, 2.24) is 5.32 Å². The number of rotatable bonds is 4. The minimum absolute atomic E-state index is 0.211. The Balaban J connectivity index is 1.65. The first-order valence-electron chi connectivity index (χ1n) is 8.19. The lowest BCUT2D eigenvalue weighted by Crippen LogP contribution is -2.44. The Morgan fingerprint density at radius 1 is 1.19 bits per heavy atom. The Labute approximate surface area is 132 Å². The molecular formula is C18H24ClNO. The van der Waals surface area contributed by atoms with Crippen LogP contribution in [-0.4, -0.2) is 11.9 Å². The van der Waals surface area contributed by atoms with E-state index in [4.69, 9.17) is 11.6 Å². The predicted molar refractivity (Wildman–Crippen MR) is 86.5 cm³/mol. The second-order valence-corrected chi connectivity index (χ2v) is 7.19. The summed E-state index contributed by atoms with van der Waals surface area (Å²) in [6.45, 7) is 2.17. The molecule has 0 bridgehead atoms. The maximum atomic E-state index is 12.7. The number of amides is 1. The molecule has 0 aliphatic heterocycles. The molecule has 0 radical (unpaired) electrons. The molecular weight excluding hydrogens is 282 g/mol. The van der Waals surface area contributed by atoms with E-state index in [9.17, 15) is 4.79 Å². The fourth-order valence-corrected chi connectivity index (χ4v) is 3.76. The number of nitrogens with one attached hydrogen (secondary N) is 1. The first-order valence-corrected chi connectivity index (χ1v) is 8.57. The first-order chi connectivity index (χ1) is 10.1. The Morgan fingerprint density at radius 3 is 2.38 bits per heavy atom. The SMILES string of the molecule is C[C@H](NC(=O)C1(c2ccc(Cl)cc2)CC1)C1CCCCC1. The van der Waals surface area contributed by atoms with Gasteiger partial charge in [-0.1, -0.05) is 43.0 Å². The van der Waals surface area contributed by atoms with E-state index >= 15 is 0 Å². The highest BCUT2D eigenvalue weighted by Crippen LogP contribution is 2.48. The van der Waals surface area contributed by atoms with E-state index in [0.29, 0.717) is 12.0 Å². The number of carbonyl (C=O) groups is 1. The molecule has 0 heterocycles. The summed E-state index contributed by atoms with van der Waals surface area (Å²) in [4.78, 5) is 12.7. The van der Waals surface area contributed by atoms with E-state index in [1.54, 1.807) is 0 Å². The largest absolute Gasteiger partial charge is 0.353 e. The highest BCUT2D eigenvalue weighted by Gasteiger charge is 2.51. The zero-order valence-electron chi connectivity index (χ0n) is 12.7. The van der Waals surface area contributed by atoms with Crippen molar-refractivity contribution in [2.75, 3.05) is 0 Å². The van der Waals surface area contributed by atoms with Gasteiger partial charge in [0.1, 0.15) is 0 Å². The molecule has 1 N–H and O–H groups in total. The molecule has 0 unspecified atom stereocenters. The van der Waals surface area contributed by atoms with Gasteiger partial charge in [-0.05, 0) is 56.2 Å². The summed E-state index contributed by atoms with van der Waals surface area (Å²) in [5.41, 5.74) is 0.827. The summed E-state index contributed by atoms with van der Waals surface area (Å²) in [5, 5.41) is 4.02. The first kappa shape index (κ1) is 14.9. The van der Waals surface area contributed by atoms with Crippen molar-refractivity contribution in [3.05, 3.63) is 34.9 Å². The molecule has 3 rings (SSSR count). The molecule has 0 aromatic heterocycles. The standard InChI is InChI=1S/C18H24ClNO/c1-13(14-5-3-2-4-6-14)20-17(21)18(11-12-18)15-7-9-16(19)10-8-15/h7-10,13-14H,2-6,11-12H2,1H3,(H,20,21)/t13-/m0/s1. The van der Waals surface area contributed by atoms with Crippen LogP contribution in [0.15, 0.2) is 24.3 Å². The number of benzene rings is 1.